The summed E-state index contributed by atoms with van der Waals surface area (Å²) >= 11 is 0. The van der Waals surface area contributed by atoms with E-state index in [0.29, 0.717) is 31.4 Å². The zero-order valence-corrected chi connectivity index (χ0v) is 19.2. The second-order valence-corrected chi connectivity index (χ2v) is 9.93. The molecule has 1 aromatic carbocycles. The number of nitrogens with one attached hydrogen (secondary N) is 2. The zero-order valence-electron chi connectivity index (χ0n) is 19.2. The number of alkyl halides is 3. The third-order valence-electron chi connectivity index (χ3n) is 6.11. The van der Waals surface area contributed by atoms with Gasteiger partial charge in [0.25, 0.3) is 0 Å². The number of halogens is 5. The first kappa shape index (κ1) is 25.4. The lowest BCUT2D eigenvalue weighted by Crippen LogP contribution is -2.42. The maximum Gasteiger partial charge on any atom is 0.407 e. The van der Waals surface area contributed by atoms with E-state index in [1.165, 1.54) is 17.0 Å². The molecule has 186 valence electrons. The van der Waals surface area contributed by atoms with Crippen LogP contribution in [-0.4, -0.2) is 43.0 Å². The monoisotopic (exact) mass is 477 g/mol. The molecule has 0 radical (unpaired) electrons. The van der Waals surface area contributed by atoms with Crippen LogP contribution in [-0.2, 0) is 4.74 Å². The minimum absolute atomic E-state index is 0.00568. The highest BCUT2D eigenvalue weighted by atomic mass is 19.4. The molecule has 3 rings (SSSR count). The Hall–Kier alpha value is -2.26. The number of amides is 1. The summed E-state index contributed by atoms with van der Waals surface area (Å²) in [5, 5.41) is 5.99. The Bertz CT molecular complexity index is 801. The normalized spacial score (nSPS) is 22.7. The highest BCUT2D eigenvalue weighted by Crippen LogP contribution is 2.37. The van der Waals surface area contributed by atoms with Gasteiger partial charge in [0.2, 0.25) is 0 Å². The van der Waals surface area contributed by atoms with E-state index < -0.39 is 35.4 Å². The molecule has 1 saturated carbocycles. The molecule has 1 aliphatic carbocycles. The second kappa shape index (κ2) is 9.93. The van der Waals surface area contributed by atoms with Crippen molar-refractivity contribution in [1.29, 1.82) is 0 Å². The molecule has 33 heavy (non-hydrogen) atoms. The molecule has 2 fully saturated rings. The Morgan fingerprint density at radius 1 is 0.939 bits per heavy atom. The molecule has 2 N–H and O–H groups in total. The van der Waals surface area contributed by atoms with Crippen LogP contribution >= 0.6 is 0 Å². The van der Waals surface area contributed by atoms with Crippen molar-refractivity contribution in [1.82, 2.24) is 5.32 Å². The molecule has 5 nitrogen and oxygen atoms in total. The number of hydrogen-bond acceptors (Lipinski definition) is 4. The fourth-order valence-corrected chi connectivity index (χ4v) is 4.47. The van der Waals surface area contributed by atoms with Crippen LogP contribution in [0.25, 0.3) is 0 Å². The van der Waals surface area contributed by atoms with E-state index in [1.807, 2.05) is 0 Å². The molecule has 1 amide bonds. The number of hydrogen-bond donors (Lipinski definition) is 2. The van der Waals surface area contributed by atoms with Crippen molar-refractivity contribution in [2.45, 2.75) is 83.2 Å². The summed E-state index contributed by atoms with van der Waals surface area (Å²) in [5.41, 5.74) is -0.550. The molecule has 1 heterocycles. The molecule has 0 unspecified atom stereocenters. The quantitative estimate of drug-likeness (QED) is 0.523. The predicted molar refractivity (Wildman–Crippen MR) is 116 cm³/mol. The minimum Gasteiger partial charge on any atom is -0.444 e. The van der Waals surface area contributed by atoms with Crippen molar-refractivity contribution >= 4 is 17.5 Å². The molecule has 0 aromatic heterocycles. The molecule has 1 aliphatic heterocycles. The van der Waals surface area contributed by atoms with Gasteiger partial charge in [0.05, 0.1) is 5.92 Å². The van der Waals surface area contributed by atoms with Crippen molar-refractivity contribution in [3.8, 4) is 0 Å². The van der Waals surface area contributed by atoms with Crippen molar-refractivity contribution < 1.29 is 31.5 Å². The Labute approximate surface area is 191 Å². The van der Waals surface area contributed by atoms with Crippen LogP contribution in [0.5, 0.6) is 0 Å². The number of alkyl carbamates (subject to hydrolysis) is 1. The lowest BCUT2D eigenvalue weighted by molar-refractivity contribution is -0.179. The van der Waals surface area contributed by atoms with Gasteiger partial charge < -0.3 is 20.3 Å². The summed E-state index contributed by atoms with van der Waals surface area (Å²) in [5.74, 6) is -3.01. The van der Waals surface area contributed by atoms with Crippen LogP contribution in [0.4, 0.5) is 38.1 Å². The van der Waals surface area contributed by atoms with E-state index in [0.717, 1.165) is 0 Å². The molecular formula is C23H32F5N3O2. The summed E-state index contributed by atoms with van der Waals surface area (Å²) in [6.45, 7) is 5.29. The van der Waals surface area contributed by atoms with E-state index >= 15 is 0 Å². The van der Waals surface area contributed by atoms with Crippen LogP contribution in [0.3, 0.4) is 0 Å². The lowest BCUT2D eigenvalue weighted by Gasteiger charge is -2.35. The minimum atomic E-state index is -4.28. The van der Waals surface area contributed by atoms with E-state index in [4.69, 9.17) is 4.74 Å². The predicted octanol–water partition coefficient (Wildman–Crippen LogP) is 5.99. The van der Waals surface area contributed by atoms with Crippen LogP contribution in [0.1, 0.15) is 59.3 Å². The van der Waals surface area contributed by atoms with Gasteiger partial charge in [-0.2, -0.15) is 13.2 Å². The maximum absolute atomic E-state index is 14.7. The number of carbonyl (C=O) groups is 1. The number of benzene rings is 1. The van der Waals surface area contributed by atoms with Gasteiger partial charge in [0.15, 0.2) is 11.6 Å². The molecule has 0 spiro atoms. The van der Waals surface area contributed by atoms with Gasteiger partial charge in [-0.3, -0.25) is 0 Å². The smallest absolute Gasteiger partial charge is 0.407 e. The zero-order chi connectivity index (χ0) is 24.4. The first-order valence-corrected chi connectivity index (χ1v) is 11.4. The number of carbonyl (C=O) groups excluding carboxylic acids is 1. The van der Waals surface area contributed by atoms with Gasteiger partial charge in [-0.25, -0.2) is 13.6 Å². The van der Waals surface area contributed by atoms with Crippen molar-refractivity contribution in [2.24, 2.45) is 5.92 Å². The van der Waals surface area contributed by atoms with Gasteiger partial charge >= 0.3 is 12.3 Å². The largest absolute Gasteiger partial charge is 0.444 e. The maximum atomic E-state index is 14.7. The molecule has 0 bridgehead atoms. The Morgan fingerprint density at radius 3 is 1.94 bits per heavy atom. The van der Waals surface area contributed by atoms with Gasteiger partial charge in [0.1, 0.15) is 11.3 Å². The average Bonchev–Trinajstić information content (AvgIpc) is 2.67. The van der Waals surface area contributed by atoms with Crippen LogP contribution < -0.4 is 15.5 Å². The van der Waals surface area contributed by atoms with Gasteiger partial charge in [0, 0.05) is 30.9 Å². The molecule has 0 atom stereocenters. The van der Waals surface area contributed by atoms with Crippen LogP contribution in [0, 0.1) is 17.6 Å². The van der Waals surface area contributed by atoms with Gasteiger partial charge in [-0.15, -0.1) is 0 Å². The summed E-state index contributed by atoms with van der Waals surface area (Å²) in [7, 11) is 0. The summed E-state index contributed by atoms with van der Waals surface area (Å²) in [6.07, 6.45) is -2.28. The average molecular weight is 478 g/mol. The Morgan fingerprint density at radius 2 is 1.45 bits per heavy atom. The SMILES string of the molecule is CC(C)(C)OC(=O)NC1CCC(Nc2cc(F)c(N3CCC(C(F)(F)F)CC3)c(F)c2)CC1. The van der Waals surface area contributed by atoms with Crippen LogP contribution in [0.15, 0.2) is 12.1 Å². The highest BCUT2D eigenvalue weighted by molar-refractivity contribution is 5.68. The van der Waals surface area contributed by atoms with E-state index in [2.05, 4.69) is 10.6 Å². The Balaban J connectivity index is 1.52. The Kier molecular flexibility index (Phi) is 7.63. The van der Waals surface area contributed by atoms with Crippen molar-refractivity contribution in [2.75, 3.05) is 23.3 Å². The molecule has 1 aromatic rings. The van der Waals surface area contributed by atoms with E-state index in [1.54, 1.807) is 20.8 Å². The fraction of sp³-hybridized carbons (Fsp3) is 0.696. The van der Waals surface area contributed by atoms with Crippen molar-refractivity contribution in [3.63, 3.8) is 0 Å². The third kappa shape index (κ3) is 7.11. The first-order chi connectivity index (χ1) is 15.3. The topological polar surface area (TPSA) is 53.6 Å². The van der Waals surface area contributed by atoms with Gasteiger partial charge in [-0.05, 0) is 71.4 Å². The standard InChI is InChI=1S/C23H32F5N3O2/c1-22(2,3)33-21(32)30-16-6-4-15(5-7-16)29-17-12-18(24)20(19(25)13-17)31-10-8-14(9-11-31)23(26,27)28/h12-16,29H,4-11H2,1-3H3,(H,30,32). The summed E-state index contributed by atoms with van der Waals surface area (Å²) < 4.78 is 73.3. The number of nitrogens with zero attached hydrogens (tertiary/aromatic N) is 1. The van der Waals surface area contributed by atoms with Crippen molar-refractivity contribution in [3.05, 3.63) is 23.8 Å². The number of anilines is 2. The lowest BCUT2D eigenvalue weighted by atomic mass is 9.91. The molecule has 10 heteroatoms. The first-order valence-electron chi connectivity index (χ1n) is 11.4. The highest BCUT2D eigenvalue weighted by Gasteiger charge is 2.41. The molecular weight excluding hydrogens is 445 g/mol. The fourth-order valence-electron chi connectivity index (χ4n) is 4.47. The molecule has 1 saturated heterocycles. The number of piperidine rings is 1. The summed E-state index contributed by atoms with van der Waals surface area (Å²) in [6, 6.07) is 2.36. The van der Waals surface area contributed by atoms with E-state index in [9.17, 15) is 26.7 Å². The number of ether oxygens (including phenoxy) is 1. The summed E-state index contributed by atoms with van der Waals surface area (Å²) in [4.78, 5) is 13.3. The molecule has 2 aliphatic rings. The number of rotatable bonds is 4. The van der Waals surface area contributed by atoms with E-state index in [-0.39, 0.29) is 43.7 Å². The van der Waals surface area contributed by atoms with Crippen LogP contribution in [0.2, 0.25) is 0 Å². The second-order valence-electron chi connectivity index (χ2n) is 9.93. The third-order valence-corrected chi connectivity index (χ3v) is 6.11. The van der Waals surface area contributed by atoms with Gasteiger partial charge in [-0.1, -0.05) is 0 Å².